The predicted molar refractivity (Wildman–Crippen MR) is 151 cm³/mol. The van der Waals surface area contributed by atoms with Crippen molar-refractivity contribution in [2.24, 2.45) is 0 Å². The first-order chi connectivity index (χ1) is 18.0. The third kappa shape index (κ3) is 6.67. The van der Waals surface area contributed by atoms with Crippen LogP contribution in [0.15, 0.2) is 53.6 Å². The summed E-state index contributed by atoms with van der Waals surface area (Å²) in [5.74, 6) is 1.87. The van der Waals surface area contributed by atoms with Crippen LogP contribution in [0.5, 0.6) is 11.5 Å². The van der Waals surface area contributed by atoms with Crippen LogP contribution in [0.2, 0.25) is 5.02 Å². The molecular formula is C27H34ClN5O4S. The van der Waals surface area contributed by atoms with Crippen molar-refractivity contribution in [2.75, 3.05) is 30.8 Å². The minimum Gasteiger partial charge on any atom is -0.489 e. The molecule has 3 aromatic rings. The molecule has 1 aliphatic rings. The summed E-state index contributed by atoms with van der Waals surface area (Å²) in [6.45, 7) is 9.09. The number of ether oxygens (including phenoxy) is 2. The smallest absolute Gasteiger partial charge is 0.229 e. The number of para-hydroxylation sites is 1. The van der Waals surface area contributed by atoms with Gasteiger partial charge in [0.1, 0.15) is 22.6 Å². The fourth-order valence-electron chi connectivity index (χ4n) is 4.05. The van der Waals surface area contributed by atoms with E-state index < -0.39 is 15.1 Å². The molecule has 1 aliphatic heterocycles. The second-order valence-electron chi connectivity index (χ2n) is 9.85. The highest BCUT2D eigenvalue weighted by Gasteiger charge is 2.24. The SMILES string of the molecule is CC(C)Oc1cc(OC2CCN(C)C2)ccc1Nc1ncc(Cl)c(Nc2ccccc2S(=O)(=O)C(C)C)n1. The Morgan fingerprint density at radius 1 is 1.08 bits per heavy atom. The van der Waals surface area contributed by atoms with E-state index in [0.29, 0.717) is 17.1 Å². The van der Waals surface area contributed by atoms with Crippen LogP contribution in [0.4, 0.5) is 23.1 Å². The van der Waals surface area contributed by atoms with Gasteiger partial charge in [0.2, 0.25) is 5.95 Å². The van der Waals surface area contributed by atoms with Crippen molar-refractivity contribution in [3.8, 4) is 11.5 Å². The number of nitrogens with zero attached hydrogens (tertiary/aromatic N) is 3. The Labute approximate surface area is 229 Å². The molecule has 0 bridgehead atoms. The molecule has 11 heteroatoms. The Balaban J connectivity index is 1.59. The predicted octanol–water partition coefficient (Wildman–Crippen LogP) is 5.67. The lowest BCUT2D eigenvalue weighted by Crippen LogP contribution is -2.21. The molecule has 204 valence electrons. The van der Waals surface area contributed by atoms with Gasteiger partial charge in [-0.2, -0.15) is 4.98 Å². The van der Waals surface area contributed by atoms with E-state index in [4.69, 9.17) is 21.1 Å². The quantitative estimate of drug-likeness (QED) is 0.325. The molecule has 1 unspecified atom stereocenters. The number of aromatic nitrogens is 2. The monoisotopic (exact) mass is 559 g/mol. The molecule has 2 heterocycles. The van der Waals surface area contributed by atoms with E-state index in [2.05, 4.69) is 32.5 Å². The van der Waals surface area contributed by atoms with Crippen LogP contribution in [0.25, 0.3) is 0 Å². The van der Waals surface area contributed by atoms with E-state index in [-0.39, 0.29) is 33.9 Å². The molecule has 9 nitrogen and oxygen atoms in total. The molecule has 0 amide bonds. The summed E-state index contributed by atoms with van der Waals surface area (Å²) < 4.78 is 38.0. The van der Waals surface area contributed by atoms with Gasteiger partial charge in [0, 0.05) is 19.2 Å². The fraction of sp³-hybridized carbons (Fsp3) is 0.407. The molecule has 2 N–H and O–H groups in total. The molecule has 1 fully saturated rings. The number of anilines is 4. The Hall–Kier alpha value is -3.08. The first kappa shape index (κ1) is 27.9. The molecule has 0 aliphatic carbocycles. The van der Waals surface area contributed by atoms with E-state index in [1.807, 2.05) is 32.0 Å². The van der Waals surface area contributed by atoms with Crippen LogP contribution in [0.3, 0.4) is 0 Å². The van der Waals surface area contributed by atoms with Crippen molar-refractivity contribution in [3.05, 3.63) is 53.7 Å². The third-order valence-electron chi connectivity index (χ3n) is 6.02. The zero-order valence-electron chi connectivity index (χ0n) is 22.2. The van der Waals surface area contributed by atoms with Gasteiger partial charge in [0.25, 0.3) is 0 Å². The van der Waals surface area contributed by atoms with Gasteiger partial charge in [-0.25, -0.2) is 13.4 Å². The van der Waals surface area contributed by atoms with Gasteiger partial charge in [-0.15, -0.1) is 0 Å². The Kier molecular flexibility index (Phi) is 8.64. The normalized spacial score (nSPS) is 16.2. The summed E-state index contributed by atoms with van der Waals surface area (Å²) in [7, 11) is -1.44. The third-order valence-corrected chi connectivity index (χ3v) is 8.51. The zero-order chi connectivity index (χ0) is 27.4. The maximum atomic E-state index is 12.9. The van der Waals surface area contributed by atoms with E-state index >= 15 is 0 Å². The van der Waals surface area contributed by atoms with Crippen molar-refractivity contribution in [2.45, 2.75) is 56.5 Å². The second kappa shape index (κ2) is 11.8. The Bertz CT molecular complexity index is 1380. The highest BCUT2D eigenvalue weighted by molar-refractivity contribution is 7.92. The van der Waals surface area contributed by atoms with Crippen LogP contribution in [0, 0.1) is 0 Å². The largest absolute Gasteiger partial charge is 0.489 e. The van der Waals surface area contributed by atoms with E-state index in [1.54, 1.807) is 38.1 Å². The number of benzene rings is 2. The lowest BCUT2D eigenvalue weighted by atomic mass is 10.2. The van der Waals surface area contributed by atoms with E-state index in [0.717, 1.165) is 25.3 Å². The molecule has 1 aromatic heterocycles. The van der Waals surface area contributed by atoms with Crippen molar-refractivity contribution >= 4 is 44.6 Å². The number of hydrogen-bond acceptors (Lipinski definition) is 9. The highest BCUT2D eigenvalue weighted by atomic mass is 35.5. The van der Waals surface area contributed by atoms with Gasteiger partial charge >= 0.3 is 0 Å². The molecule has 1 saturated heterocycles. The maximum absolute atomic E-state index is 12.9. The number of likely N-dealkylation sites (tertiary alicyclic amines) is 1. The van der Waals surface area contributed by atoms with Crippen LogP contribution >= 0.6 is 11.6 Å². The molecule has 0 spiro atoms. The molecular weight excluding hydrogens is 526 g/mol. The molecule has 38 heavy (non-hydrogen) atoms. The zero-order valence-corrected chi connectivity index (χ0v) is 23.8. The van der Waals surface area contributed by atoms with Crippen LogP contribution in [-0.2, 0) is 9.84 Å². The van der Waals surface area contributed by atoms with Gasteiger partial charge in [-0.05, 0) is 65.4 Å². The molecule has 4 rings (SSSR count). The molecule has 0 radical (unpaired) electrons. The fourth-order valence-corrected chi connectivity index (χ4v) is 5.39. The first-order valence-corrected chi connectivity index (χ1v) is 14.5. The Morgan fingerprint density at radius 3 is 2.53 bits per heavy atom. The highest BCUT2D eigenvalue weighted by Crippen LogP contribution is 2.34. The van der Waals surface area contributed by atoms with Crippen LogP contribution < -0.4 is 20.1 Å². The number of halogens is 1. The summed E-state index contributed by atoms with van der Waals surface area (Å²) in [5.41, 5.74) is 1.04. The average molecular weight is 560 g/mol. The summed E-state index contributed by atoms with van der Waals surface area (Å²) in [6.07, 6.45) is 2.51. The Morgan fingerprint density at radius 2 is 1.84 bits per heavy atom. The standard InChI is InChI=1S/C27H34ClN5O4S/c1-17(2)36-24-14-19(37-20-12-13-33(5)16-20)10-11-22(24)31-27-29-15-21(28)26(32-27)30-23-8-6-7-9-25(23)38(34,35)18(3)4/h6-11,14-15,17-18,20H,12-13,16H2,1-5H3,(H2,29,30,31,32). The van der Waals surface area contributed by atoms with Gasteiger partial charge < -0.3 is 25.0 Å². The van der Waals surface area contributed by atoms with Crippen molar-refractivity contribution in [3.63, 3.8) is 0 Å². The van der Waals surface area contributed by atoms with Crippen molar-refractivity contribution in [1.82, 2.24) is 14.9 Å². The summed E-state index contributed by atoms with van der Waals surface area (Å²) >= 11 is 6.38. The van der Waals surface area contributed by atoms with Crippen molar-refractivity contribution in [1.29, 1.82) is 0 Å². The number of rotatable bonds is 10. The minimum absolute atomic E-state index is 0.0637. The number of hydrogen-bond donors (Lipinski definition) is 2. The second-order valence-corrected chi connectivity index (χ2v) is 12.7. The summed E-state index contributed by atoms with van der Waals surface area (Å²) in [4.78, 5) is 11.2. The summed E-state index contributed by atoms with van der Waals surface area (Å²) in [5, 5.41) is 5.93. The van der Waals surface area contributed by atoms with Gasteiger partial charge in [-0.3, -0.25) is 0 Å². The average Bonchev–Trinajstić information content (AvgIpc) is 3.27. The summed E-state index contributed by atoms with van der Waals surface area (Å²) in [6, 6.07) is 12.3. The molecule has 2 aromatic carbocycles. The lowest BCUT2D eigenvalue weighted by molar-refractivity contribution is 0.204. The number of likely N-dealkylation sites (N-methyl/N-ethyl adjacent to an activating group) is 1. The first-order valence-electron chi connectivity index (χ1n) is 12.6. The van der Waals surface area contributed by atoms with Gasteiger partial charge in [-0.1, -0.05) is 23.7 Å². The van der Waals surface area contributed by atoms with E-state index in [1.165, 1.54) is 6.20 Å². The maximum Gasteiger partial charge on any atom is 0.229 e. The van der Waals surface area contributed by atoms with Gasteiger partial charge in [0.05, 0.1) is 33.8 Å². The van der Waals surface area contributed by atoms with E-state index in [9.17, 15) is 8.42 Å². The molecule has 1 atom stereocenters. The van der Waals surface area contributed by atoms with Crippen LogP contribution in [-0.4, -0.2) is 60.9 Å². The molecule has 0 saturated carbocycles. The van der Waals surface area contributed by atoms with Crippen molar-refractivity contribution < 1.29 is 17.9 Å². The van der Waals surface area contributed by atoms with Crippen LogP contribution in [0.1, 0.15) is 34.1 Å². The number of sulfone groups is 1. The number of nitrogens with one attached hydrogen (secondary N) is 2. The minimum atomic E-state index is -3.53. The topological polar surface area (TPSA) is 106 Å². The lowest BCUT2D eigenvalue weighted by Gasteiger charge is -2.19. The van der Waals surface area contributed by atoms with Gasteiger partial charge in [0.15, 0.2) is 15.7 Å².